The normalized spacial score (nSPS) is 14.7. The Bertz CT molecular complexity index is 1500. The molecule has 0 atom stereocenters. The number of carbonyl (C=O) groups is 1. The number of pyridine rings is 2. The van der Waals surface area contributed by atoms with Gasteiger partial charge in [0.15, 0.2) is 0 Å². The molecule has 11 heteroatoms. The van der Waals surface area contributed by atoms with E-state index in [1.54, 1.807) is 6.07 Å². The molecular formula is C26H20ClF2N5O3. The smallest absolute Gasteiger partial charge is 0.388 e. The maximum Gasteiger partial charge on any atom is 0.388 e. The van der Waals surface area contributed by atoms with Crippen molar-refractivity contribution < 1.29 is 23.0 Å². The summed E-state index contributed by atoms with van der Waals surface area (Å²) < 4.78 is 36.5. The highest BCUT2D eigenvalue weighted by Gasteiger charge is 2.28. The lowest BCUT2D eigenvalue weighted by molar-refractivity contribution is -0.0525. The Balaban J connectivity index is 1.39. The van der Waals surface area contributed by atoms with Crippen molar-refractivity contribution in [2.45, 2.75) is 45.1 Å². The van der Waals surface area contributed by atoms with Crippen molar-refractivity contribution >= 4 is 34.1 Å². The molecule has 0 saturated heterocycles. The molecule has 0 N–H and O–H groups in total. The summed E-state index contributed by atoms with van der Waals surface area (Å²) in [4.78, 5) is 32.1. The Labute approximate surface area is 215 Å². The van der Waals surface area contributed by atoms with Gasteiger partial charge in [0.25, 0.3) is 5.91 Å². The fraction of sp³-hybridized carbons (Fsp3) is 0.269. The van der Waals surface area contributed by atoms with Gasteiger partial charge >= 0.3 is 6.61 Å². The first kappa shape index (κ1) is 23.6. The third-order valence-electron chi connectivity index (χ3n) is 6.40. The van der Waals surface area contributed by atoms with Crippen molar-refractivity contribution in [3.63, 3.8) is 0 Å². The quantitative estimate of drug-likeness (QED) is 0.298. The first-order valence-corrected chi connectivity index (χ1v) is 12.1. The fourth-order valence-electron chi connectivity index (χ4n) is 4.42. The Morgan fingerprint density at radius 1 is 1.14 bits per heavy atom. The highest BCUT2D eigenvalue weighted by Crippen LogP contribution is 2.38. The minimum absolute atomic E-state index is 0.0251. The zero-order chi connectivity index (χ0) is 25.5. The van der Waals surface area contributed by atoms with Crippen LogP contribution in [0.2, 0.25) is 5.15 Å². The van der Waals surface area contributed by atoms with E-state index >= 15 is 0 Å². The van der Waals surface area contributed by atoms with E-state index in [1.165, 1.54) is 29.6 Å². The predicted molar refractivity (Wildman–Crippen MR) is 131 cm³/mol. The lowest BCUT2D eigenvalue weighted by Gasteiger charge is -2.24. The van der Waals surface area contributed by atoms with Crippen LogP contribution in [0.5, 0.6) is 5.88 Å². The van der Waals surface area contributed by atoms with E-state index in [9.17, 15) is 13.6 Å². The van der Waals surface area contributed by atoms with Crippen molar-refractivity contribution in [1.82, 2.24) is 19.9 Å². The van der Waals surface area contributed by atoms with Crippen molar-refractivity contribution in [2.24, 2.45) is 0 Å². The minimum Gasteiger partial charge on any atom is -0.415 e. The van der Waals surface area contributed by atoms with Crippen LogP contribution in [0.1, 0.15) is 51.6 Å². The standard InChI is InChI=1S/C26H20ClF2N5O3/c27-22-19-13-36-12-18(19)17-6-3-14(8-20(17)33-22)11-34(21-2-1-7-30-24(21)37-26(28)29)25(35)16-9-31-23(32-10-16)15-4-5-15/h1-3,6-10,15,26H,4-5,11-13H2. The molecule has 6 rings (SSSR count). The summed E-state index contributed by atoms with van der Waals surface area (Å²) in [5.41, 5.74) is 3.51. The van der Waals surface area contributed by atoms with Crippen LogP contribution in [0.25, 0.3) is 10.9 Å². The van der Waals surface area contributed by atoms with Crippen LogP contribution in [0.15, 0.2) is 48.9 Å². The number of hydrogen-bond acceptors (Lipinski definition) is 7. The molecule has 1 aliphatic heterocycles. The van der Waals surface area contributed by atoms with Gasteiger partial charge in [-0.1, -0.05) is 23.7 Å². The Hall–Kier alpha value is -3.76. The summed E-state index contributed by atoms with van der Waals surface area (Å²) in [5, 5.41) is 1.28. The molecule has 1 fully saturated rings. The molecule has 0 unspecified atom stereocenters. The second-order valence-electron chi connectivity index (χ2n) is 8.91. The number of aromatic nitrogens is 4. The monoisotopic (exact) mass is 523 g/mol. The zero-order valence-electron chi connectivity index (χ0n) is 19.4. The average molecular weight is 524 g/mol. The number of nitrogens with zero attached hydrogens (tertiary/aromatic N) is 5. The molecule has 1 aromatic carbocycles. The van der Waals surface area contributed by atoms with Gasteiger partial charge in [-0.25, -0.2) is 19.9 Å². The van der Waals surface area contributed by atoms with Crippen molar-refractivity contribution in [1.29, 1.82) is 0 Å². The van der Waals surface area contributed by atoms with Crippen LogP contribution in [0.3, 0.4) is 0 Å². The Kier molecular flexibility index (Phi) is 6.13. The van der Waals surface area contributed by atoms with Crippen LogP contribution in [0.4, 0.5) is 14.5 Å². The largest absolute Gasteiger partial charge is 0.415 e. The van der Waals surface area contributed by atoms with Crippen molar-refractivity contribution in [3.8, 4) is 5.88 Å². The lowest BCUT2D eigenvalue weighted by atomic mass is 10.0. The molecule has 0 bridgehead atoms. The van der Waals surface area contributed by atoms with Gasteiger partial charge in [0.05, 0.1) is 30.8 Å². The number of amides is 1. The third kappa shape index (κ3) is 4.70. The third-order valence-corrected chi connectivity index (χ3v) is 6.71. The van der Waals surface area contributed by atoms with Gasteiger partial charge in [0, 0.05) is 35.5 Å². The Morgan fingerprint density at radius 3 is 2.68 bits per heavy atom. The Morgan fingerprint density at radius 2 is 1.92 bits per heavy atom. The van der Waals surface area contributed by atoms with Crippen LogP contribution < -0.4 is 9.64 Å². The number of carbonyl (C=O) groups excluding carboxylic acids is 1. The summed E-state index contributed by atoms with van der Waals surface area (Å²) in [5.74, 6) is 0.176. The summed E-state index contributed by atoms with van der Waals surface area (Å²) in [6, 6.07) is 8.62. The van der Waals surface area contributed by atoms with Gasteiger partial charge < -0.3 is 9.47 Å². The van der Waals surface area contributed by atoms with Gasteiger partial charge in [-0.2, -0.15) is 8.78 Å². The number of ether oxygens (including phenoxy) is 2. The number of fused-ring (bicyclic) bond motifs is 3. The minimum atomic E-state index is -3.11. The van der Waals surface area contributed by atoms with Crippen molar-refractivity contribution in [2.75, 3.05) is 4.90 Å². The number of alkyl halides is 2. The second-order valence-corrected chi connectivity index (χ2v) is 9.26. The van der Waals surface area contributed by atoms with E-state index in [0.29, 0.717) is 41.2 Å². The number of anilines is 1. The van der Waals surface area contributed by atoms with E-state index in [2.05, 4.69) is 24.7 Å². The van der Waals surface area contributed by atoms with Gasteiger partial charge in [-0.05, 0) is 42.2 Å². The van der Waals surface area contributed by atoms with E-state index in [4.69, 9.17) is 16.3 Å². The molecule has 0 radical (unpaired) electrons. The molecular weight excluding hydrogens is 504 g/mol. The van der Waals surface area contributed by atoms with Gasteiger partial charge in [0.2, 0.25) is 5.88 Å². The molecule has 188 valence electrons. The van der Waals surface area contributed by atoms with Crippen molar-refractivity contribution in [3.05, 3.63) is 82.2 Å². The van der Waals surface area contributed by atoms with Gasteiger partial charge in [0.1, 0.15) is 16.7 Å². The molecule has 4 aromatic rings. The van der Waals surface area contributed by atoms with Crippen LogP contribution in [-0.2, 0) is 24.5 Å². The molecule has 3 aromatic heterocycles. The first-order valence-electron chi connectivity index (χ1n) is 11.7. The topological polar surface area (TPSA) is 90.3 Å². The molecule has 1 aliphatic carbocycles. The van der Waals surface area contributed by atoms with E-state index < -0.39 is 12.5 Å². The van der Waals surface area contributed by atoms with Crippen LogP contribution in [-0.4, -0.2) is 32.5 Å². The summed E-state index contributed by atoms with van der Waals surface area (Å²) >= 11 is 6.38. The van der Waals surface area contributed by atoms with E-state index in [1.807, 2.05) is 18.2 Å². The maximum atomic E-state index is 13.7. The molecule has 37 heavy (non-hydrogen) atoms. The highest BCUT2D eigenvalue weighted by atomic mass is 35.5. The molecule has 2 aliphatic rings. The average Bonchev–Trinajstić information content (AvgIpc) is 3.63. The second kappa shape index (κ2) is 9.60. The molecule has 1 amide bonds. The molecule has 8 nitrogen and oxygen atoms in total. The maximum absolute atomic E-state index is 13.7. The SMILES string of the molecule is O=C(c1cnc(C2CC2)nc1)N(Cc1ccc2c3c(c(Cl)nc2c1)COC3)c1cccnc1OC(F)F. The zero-order valence-corrected chi connectivity index (χ0v) is 20.2. The summed E-state index contributed by atoms with van der Waals surface area (Å²) in [6.45, 7) is -2.23. The predicted octanol–water partition coefficient (Wildman–Crippen LogP) is 5.43. The van der Waals surface area contributed by atoms with Gasteiger partial charge in [-0.3, -0.25) is 9.69 Å². The van der Waals surface area contributed by atoms with Crippen LogP contribution in [0, 0.1) is 0 Å². The summed E-state index contributed by atoms with van der Waals surface area (Å²) in [7, 11) is 0. The molecule has 4 heterocycles. The first-order chi connectivity index (χ1) is 18.0. The highest BCUT2D eigenvalue weighted by molar-refractivity contribution is 6.30. The van der Waals surface area contributed by atoms with Crippen LogP contribution >= 0.6 is 11.6 Å². The number of benzene rings is 1. The summed E-state index contributed by atoms with van der Waals surface area (Å²) in [6.07, 6.45) is 6.30. The van der Waals surface area contributed by atoms with Gasteiger partial charge in [-0.15, -0.1) is 0 Å². The number of halogens is 3. The lowest BCUT2D eigenvalue weighted by Crippen LogP contribution is -2.31. The molecule has 0 spiro atoms. The molecule has 1 saturated carbocycles. The number of rotatable bonds is 7. The van der Waals surface area contributed by atoms with E-state index in [-0.39, 0.29) is 23.7 Å². The van der Waals surface area contributed by atoms with E-state index in [0.717, 1.165) is 29.4 Å². The number of hydrogen-bond donors (Lipinski definition) is 0. The fourth-order valence-corrected chi connectivity index (χ4v) is 4.68.